The number of carbonyl (C=O) groups is 2. The maximum atomic E-state index is 12.3. The Balaban J connectivity index is 2.30. The van der Waals surface area contributed by atoms with Crippen LogP contribution in [0.2, 0.25) is 0 Å². The lowest BCUT2D eigenvalue weighted by Gasteiger charge is -2.17. The number of benzene rings is 2. The Labute approximate surface area is 127 Å². The minimum atomic E-state index is -0.326. The van der Waals surface area contributed by atoms with Crippen LogP contribution >= 0.6 is 0 Å². The molecule has 0 saturated carbocycles. The highest BCUT2D eigenvalue weighted by molar-refractivity contribution is 6.50. The average Bonchev–Trinajstić information content (AvgIpc) is 2.95. The highest BCUT2D eigenvalue weighted by Gasteiger charge is 2.35. The molecule has 0 atom stereocenters. The van der Waals surface area contributed by atoms with Crippen molar-refractivity contribution < 1.29 is 14.3 Å². The molecule has 110 valence electrons. The highest BCUT2D eigenvalue weighted by Crippen LogP contribution is 2.38. The van der Waals surface area contributed by atoms with Crippen LogP contribution in [0.15, 0.2) is 24.3 Å². The number of ketones is 2. The van der Waals surface area contributed by atoms with E-state index in [0.717, 1.165) is 32.5 Å². The Hall–Kier alpha value is -2.42. The van der Waals surface area contributed by atoms with Crippen molar-refractivity contribution in [3.63, 3.8) is 0 Å². The molecule has 2 aromatic rings. The first-order chi connectivity index (χ1) is 10.4. The number of ether oxygens (including phenoxy) is 1. The van der Waals surface area contributed by atoms with Crippen LogP contribution in [-0.4, -0.2) is 17.2 Å². The van der Waals surface area contributed by atoms with Crippen molar-refractivity contribution in [3.8, 4) is 5.75 Å². The predicted octanol–water partition coefficient (Wildman–Crippen LogP) is 1.66. The Kier molecular flexibility index (Phi) is 2.45. The molecule has 0 fully saturated rings. The van der Waals surface area contributed by atoms with Crippen LogP contribution in [0, 0.1) is 0 Å². The molecule has 2 aliphatic rings. The summed E-state index contributed by atoms with van der Waals surface area (Å²) in [5.41, 5.74) is 0.970. The van der Waals surface area contributed by atoms with Gasteiger partial charge in [0.1, 0.15) is 11.4 Å². The number of hydrogen-bond donors (Lipinski definition) is 0. The van der Waals surface area contributed by atoms with Crippen LogP contribution in [0.1, 0.15) is 26.3 Å². The van der Waals surface area contributed by atoms with Gasteiger partial charge in [0, 0.05) is 22.6 Å². The molecular formula is C19H16O3. The summed E-state index contributed by atoms with van der Waals surface area (Å²) in [4.78, 5) is 24.3. The summed E-state index contributed by atoms with van der Waals surface area (Å²) in [6.07, 6.45) is 2.30. The van der Waals surface area contributed by atoms with Crippen LogP contribution in [-0.2, 0) is 16.0 Å². The summed E-state index contributed by atoms with van der Waals surface area (Å²) in [6.45, 7) is 5.52. The van der Waals surface area contributed by atoms with E-state index in [1.807, 2.05) is 38.1 Å². The van der Waals surface area contributed by atoms with E-state index in [-0.39, 0.29) is 17.2 Å². The lowest BCUT2D eigenvalue weighted by Crippen LogP contribution is -2.31. The summed E-state index contributed by atoms with van der Waals surface area (Å²) < 4.78 is 6.15. The van der Waals surface area contributed by atoms with Gasteiger partial charge in [-0.15, -0.1) is 0 Å². The lowest BCUT2D eigenvalue weighted by atomic mass is 9.94. The third kappa shape index (κ3) is 1.62. The maximum Gasteiger partial charge on any atom is 0.190 e. The predicted molar refractivity (Wildman–Crippen MR) is 85.2 cm³/mol. The van der Waals surface area contributed by atoms with E-state index in [0.29, 0.717) is 12.0 Å². The van der Waals surface area contributed by atoms with Crippen LogP contribution in [0.3, 0.4) is 0 Å². The van der Waals surface area contributed by atoms with Gasteiger partial charge in [-0.3, -0.25) is 9.59 Å². The SMILES string of the molecule is CC(=O)C1=c2c3c(c4ccccc4c2=CC1=O)OC(C)(C)C3. The molecule has 0 saturated heterocycles. The van der Waals surface area contributed by atoms with E-state index >= 15 is 0 Å². The second-order valence-corrected chi connectivity index (χ2v) is 6.62. The fraction of sp³-hybridized carbons (Fsp3) is 0.263. The summed E-state index contributed by atoms with van der Waals surface area (Å²) in [7, 11) is 0. The first-order valence-electron chi connectivity index (χ1n) is 7.43. The highest BCUT2D eigenvalue weighted by atomic mass is 16.5. The maximum absolute atomic E-state index is 12.3. The standard InChI is InChI=1S/C19H16O3/c1-10(20)16-15(21)8-13-11-6-4-5-7-12(11)18-14(17(13)16)9-19(2,3)22-18/h4-8H,9H2,1-3H3. The van der Waals surface area contributed by atoms with Gasteiger partial charge in [0.05, 0.1) is 5.57 Å². The van der Waals surface area contributed by atoms with Crippen molar-refractivity contribution in [2.75, 3.05) is 0 Å². The Morgan fingerprint density at radius 1 is 1.18 bits per heavy atom. The summed E-state index contributed by atoms with van der Waals surface area (Å²) >= 11 is 0. The van der Waals surface area contributed by atoms with E-state index in [2.05, 4.69) is 0 Å². The molecule has 0 radical (unpaired) electrons. The van der Waals surface area contributed by atoms with Crippen molar-refractivity contribution in [3.05, 3.63) is 40.3 Å². The third-order valence-corrected chi connectivity index (χ3v) is 4.41. The molecule has 1 heterocycles. The molecule has 0 bridgehead atoms. The van der Waals surface area contributed by atoms with Crippen LogP contribution in [0.25, 0.3) is 22.4 Å². The molecule has 0 amide bonds. The number of fused-ring (bicyclic) bond motifs is 6. The average molecular weight is 292 g/mol. The molecule has 0 N–H and O–H groups in total. The van der Waals surface area contributed by atoms with E-state index in [1.165, 1.54) is 6.92 Å². The van der Waals surface area contributed by atoms with Gasteiger partial charge < -0.3 is 4.74 Å². The van der Waals surface area contributed by atoms with Gasteiger partial charge in [-0.25, -0.2) is 0 Å². The van der Waals surface area contributed by atoms with E-state index in [9.17, 15) is 9.59 Å². The second kappa shape index (κ2) is 4.07. The fourth-order valence-electron chi connectivity index (χ4n) is 3.62. The zero-order valence-electron chi connectivity index (χ0n) is 12.8. The van der Waals surface area contributed by atoms with E-state index in [1.54, 1.807) is 6.08 Å². The van der Waals surface area contributed by atoms with Gasteiger partial charge >= 0.3 is 0 Å². The smallest absolute Gasteiger partial charge is 0.190 e. The van der Waals surface area contributed by atoms with Crippen molar-refractivity contribution in [2.45, 2.75) is 32.8 Å². The summed E-state index contributed by atoms with van der Waals surface area (Å²) in [5, 5.41) is 3.64. The van der Waals surface area contributed by atoms with Gasteiger partial charge in [0.2, 0.25) is 0 Å². The molecule has 4 rings (SSSR count). The quantitative estimate of drug-likeness (QED) is 0.803. The topological polar surface area (TPSA) is 43.4 Å². The minimum Gasteiger partial charge on any atom is -0.487 e. The molecule has 0 unspecified atom stereocenters. The molecule has 2 aromatic carbocycles. The molecule has 22 heavy (non-hydrogen) atoms. The van der Waals surface area contributed by atoms with Gasteiger partial charge in [-0.1, -0.05) is 24.3 Å². The number of Topliss-reactive ketones (excluding diaryl/α,β-unsaturated/α-hetero) is 2. The summed E-state index contributed by atoms with van der Waals surface area (Å²) in [6, 6.07) is 7.91. The monoisotopic (exact) mass is 292 g/mol. The first-order valence-corrected chi connectivity index (χ1v) is 7.43. The Bertz CT molecular complexity index is 993. The molecule has 0 spiro atoms. The van der Waals surface area contributed by atoms with Crippen LogP contribution in [0.4, 0.5) is 0 Å². The van der Waals surface area contributed by atoms with Crippen molar-refractivity contribution in [2.24, 2.45) is 0 Å². The third-order valence-electron chi connectivity index (χ3n) is 4.41. The fourth-order valence-corrected chi connectivity index (χ4v) is 3.62. The van der Waals surface area contributed by atoms with E-state index < -0.39 is 0 Å². The second-order valence-electron chi connectivity index (χ2n) is 6.62. The van der Waals surface area contributed by atoms with E-state index in [4.69, 9.17) is 4.74 Å². The van der Waals surface area contributed by atoms with Gasteiger partial charge in [-0.2, -0.15) is 0 Å². The Morgan fingerprint density at radius 2 is 1.86 bits per heavy atom. The molecule has 3 heteroatoms. The van der Waals surface area contributed by atoms with Gasteiger partial charge in [0.25, 0.3) is 0 Å². The molecular weight excluding hydrogens is 276 g/mol. The Morgan fingerprint density at radius 3 is 2.55 bits per heavy atom. The van der Waals surface area contributed by atoms with Crippen LogP contribution < -0.4 is 15.2 Å². The molecule has 1 aliphatic heterocycles. The zero-order valence-corrected chi connectivity index (χ0v) is 12.8. The van der Waals surface area contributed by atoms with Gasteiger partial charge in [-0.05, 0) is 37.5 Å². The summed E-state index contributed by atoms with van der Waals surface area (Å²) in [5.74, 6) is 0.453. The normalized spacial score (nSPS) is 18.0. The molecule has 0 aromatic heterocycles. The lowest BCUT2D eigenvalue weighted by molar-refractivity contribution is -0.114. The molecule has 3 nitrogen and oxygen atoms in total. The first kappa shape index (κ1) is 13.3. The number of carbonyl (C=O) groups excluding carboxylic acids is 2. The minimum absolute atomic E-state index is 0.179. The number of hydrogen-bond acceptors (Lipinski definition) is 3. The van der Waals surface area contributed by atoms with Crippen LogP contribution in [0.5, 0.6) is 5.75 Å². The van der Waals surface area contributed by atoms with Crippen molar-refractivity contribution in [1.82, 2.24) is 0 Å². The number of rotatable bonds is 1. The van der Waals surface area contributed by atoms with Crippen molar-refractivity contribution in [1.29, 1.82) is 0 Å². The molecule has 1 aliphatic carbocycles. The van der Waals surface area contributed by atoms with Crippen molar-refractivity contribution >= 4 is 34.0 Å². The zero-order chi connectivity index (χ0) is 15.6. The largest absolute Gasteiger partial charge is 0.487 e. The van der Waals surface area contributed by atoms with Gasteiger partial charge in [0.15, 0.2) is 11.6 Å².